The predicted octanol–water partition coefficient (Wildman–Crippen LogP) is 1.93. The van der Waals surface area contributed by atoms with Crippen LogP contribution < -0.4 is 20.5 Å². The van der Waals surface area contributed by atoms with E-state index in [-0.39, 0.29) is 0 Å². The minimum absolute atomic E-state index is 0.308. The van der Waals surface area contributed by atoms with Crippen LogP contribution in [0.3, 0.4) is 0 Å². The Morgan fingerprint density at radius 3 is 2.70 bits per heavy atom. The lowest BCUT2D eigenvalue weighted by molar-refractivity contribution is 0.369. The fraction of sp³-hybridized carbons (Fsp3) is 0.375. The van der Waals surface area contributed by atoms with Crippen LogP contribution in [0.5, 0.6) is 11.6 Å². The highest BCUT2D eigenvalue weighted by Crippen LogP contribution is 2.24. The SMILES string of the molecule is CCc1nn(C)c(OC)c1CN=C(N)Nc1ccccc1OC. The predicted molar refractivity (Wildman–Crippen MR) is 91.1 cm³/mol. The first kappa shape index (κ1) is 16.7. The van der Waals surface area contributed by atoms with Crippen molar-refractivity contribution in [3.63, 3.8) is 0 Å². The zero-order valence-electron chi connectivity index (χ0n) is 14.0. The molecule has 0 unspecified atom stereocenters. The summed E-state index contributed by atoms with van der Waals surface area (Å²) in [7, 11) is 5.09. The van der Waals surface area contributed by atoms with Crippen LogP contribution in [0, 0.1) is 0 Å². The monoisotopic (exact) mass is 317 g/mol. The van der Waals surface area contributed by atoms with Crippen LogP contribution in [-0.4, -0.2) is 30.0 Å². The van der Waals surface area contributed by atoms with Crippen LogP contribution in [0.1, 0.15) is 18.2 Å². The summed E-state index contributed by atoms with van der Waals surface area (Å²) in [4.78, 5) is 4.39. The van der Waals surface area contributed by atoms with E-state index in [2.05, 4.69) is 15.4 Å². The van der Waals surface area contributed by atoms with Gasteiger partial charge in [-0.25, -0.2) is 9.67 Å². The molecule has 1 aromatic carbocycles. The van der Waals surface area contributed by atoms with Crippen molar-refractivity contribution in [2.24, 2.45) is 17.8 Å². The van der Waals surface area contributed by atoms with Crippen LogP contribution in [-0.2, 0) is 20.0 Å². The maximum absolute atomic E-state index is 5.98. The molecular formula is C16H23N5O2. The van der Waals surface area contributed by atoms with Crippen LogP contribution in [0.2, 0.25) is 0 Å². The molecule has 0 spiro atoms. The lowest BCUT2D eigenvalue weighted by Gasteiger charge is -2.10. The van der Waals surface area contributed by atoms with E-state index >= 15 is 0 Å². The number of guanidine groups is 1. The molecule has 7 heteroatoms. The molecule has 0 saturated heterocycles. The van der Waals surface area contributed by atoms with Gasteiger partial charge >= 0.3 is 0 Å². The Bertz CT molecular complexity index is 694. The van der Waals surface area contributed by atoms with E-state index in [9.17, 15) is 0 Å². The second kappa shape index (κ2) is 7.53. The topological polar surface area (TPSA) is 86.7 Å². The van der Waals surface area contributed by atoms with Gasteiger partial charge in [0.25, 0.3) is 0 Å². The fourth-order valence-electron chi connectivity index (χ4n) is 2.39. The van der Waals surface area contributed by atoms with Gasteiger partial charge < -0.3 is 20.5 Å². The van der Waals surface area contributed by atoms with Gasteiger partial charge in [-0.1, -0.05) is 19.1 Å². The summed E-state index contributed by atoms with van der Waals surface area (Å²) >= 11 is 0. The average molecular weight is 317 g/mol. The number of nitrogens with one attached hydrogen (secondary N) is 1. The molecule has 0 aliphatic carbocycles. The van der Waals surface area contributed by atoms with Crippen molar-refractivity contribution in [2.45, 2.75) is 19.9 Å². The van der Waals surface area contributed by atoms with Crippen molar-refractivity contribution in [1.29, 1.82) is 0 Å². The van der Waals surface area contributed by atoms with Gasteiger partial charge in [0.05, 0.1) is 37.7 Å². The second-order valence-electron chi connectivity index (χ2n) is 4.94. The molecule has 0 aliphatic heterocycles. The summed E-state index contributed by atoms with van der Waals surface area (Å²) in [5, 5.41) is 7.48. The van der Waals surface area contributed by atoms with E-state index < -0.39 is 0 Å². The summed E-state index contributed by atoms with van der Waals surface area (Å²) in [5.74, 6) is 1.72. The molecule has 0 aliphatic rings. The number of hydrogen-bond acceptors (Lipinski definition) is 4. The van der Waals surface area contributed by atoms with Crippen molar-refractivity contribution in [3.05, 3.63) is 35.5 Å². The van der Waals surface area contributed by atoms with Gasteiger partial charge in [-0.2, -0.15) is 5.10 Å². The molecule has 0 atom stereocenters. The van der Waals surface area contributed by atoms with Crippen LogP contribution in [0.15, 0.2) is 29.3 Å². The Labute approximate surface area is 136 Å². The third kappa shape index (κ3) is 3.74. The van der Waals surface area contributed by atoms with E-state index in [1.54, 1.807) is 18.9 Å². The molecule has 2 aromatic rings. The molecule has 0 bridgehead atoms. The Hall–Kier alpha value is -2.70. The molecule has 2 rings (SSSR count). The van der Waals surface area contributed by atoms with Crippen molar-refractivity contribution < 1.29 is 9.47 Å². The fourth-order valence-corrected chi connectivity index (χ4v) is 2.39. The first-order chi connectivity index (χ1) is 11.1. The van der Waals surface area contributed by atoms with Crippen molar-refractivity contribution in [2.75, 3.05) is 19.5 Å². The van der Waals surface area contributed by atoms with Gasteiger partial charge in [-0.15, -0.1) is 0 Å². The molecule has 0 amide bonds. The number of nitrogens with zero attached hydrogens (tertiary/aromatic N) is 3. The minimum Gasteiger partial charge on any atom is -0.495 e. The van der Waals surface area contributed by atoms with E-state index in [1.807, 2.05) is 38.2 Å². The van der Waals surface area contributed by atoms with E-state index in [0.717, 1.165) is 23.4 Å². The maximum atomic E-state index is 5.98. The van der Waals surface area contributed by atoms with Crippen molar-refractivity contribution in [1.82, 2.24) is 9.78 Å². The van der Waals surface area contributed by atoms with Crippen molar-refractivity contribution >= 4 is 11.6 Å². The van der Waals surface area contributed by atoms with Gasteiger partial charge in [-0.3, -0.25) is 0 Å². The number of methoxy groups -OCH3 is 2. The third-order valence-electron chi connectivity index (χ3n) is 3.48. The maximum Gasteiger partial charge on any atom is 0.216 e. The summed E-state index contributed by atoms with van der Waals surface area (Å²) in [6.45, 7) is 2.44. The molecule has 0 saturated carbocycles. The molecular weight excluding hydrogens is 294 g/mol. The smallest absolute Gasteiger partial charge is 0.216 e. The number of aliphatic imine (C=N–C) groups is 1. The summed E-state index contributed by atoms with van der Waals surface area (Å²) in [6, 6.07) is 7.53. The zero-order valence-corrected chi connectivity index (χ0v) is 14.0. The lowest BCUT2D eigenvalue weighted by Crippen LogP contribution is -2.23. The molecule has 23 heavy (non-hydrogen) atoms. The van der Waals surface area contributed by atoms with Crippen molar-refractivity contribution in [3.8, 4) is 11.6 Å². The van der Waals surface area contributed by atoms with Gasteiger partial charge in [-0.05, 0) is 18.6 Å². The van der Waals surface area contributed by atoms with Gasteiger partial charge in [0, 0.05) is 7.05 Å². The lowest BCUT2D eigenvalue weighted by atomic mass is 10.2. The molecule has 3 N–H and O–H groups in total. The Balaban J connectivity index is 2.17. The second-order valence-corrected chi connectivity index (χ2v) is 4.94. The van der Waals surface area contributed by atoms with Crippen LogP contribution >= 0.6 is 0 Å². The highest BCUT2D eigenvalue weighted by Gasteiger charge is 2.15. The molecule has 1 heterocycles. The van der Waals surface area contributed by atoms with Gasteiger partial charge in [0.15, 0.2) is 5.96 Å². The van der Waals surface area contributed by atoms with E-state index in [4.69, 9.17) is 15.2 Å². The average Bonchev–Trinajstić information content (AvgIpc) is 2.88. The zero-order chi connectivity index (χ0) is 16.8. The Morgan fingerprint density at radius 2 is 2.04 bits per heavy atom. The number of hydrogen-bond donors (Lipinski definition) is 2. The first-order valence-corrected chi connectivity index (χ1v) is 7.39. The van der Waals surface area contributed by atoms with Crippen LogP contribution in [0.4, 0.5) is 5.69 Å². The molecule has 1 aromatic heterocycles. The summed E-state index contributed by atoms with van der Waals surface area (Å²) in [5.41, 5.74) is 8.65. The number of aryl methyl sites for hydroxylation is 2. The highest BCUT2D eigenvalue weighted by atomic mass is 16.5. The normalized spacial score (nSPS) is 11.4. The molecule has 124 valence electrons. The Kier molecular flexibility index (Phi) is 5.46. The van der Waals surface area contributed by atoms with E-state index in [0.29, 0.717) is 24.1 Å². The minimum atomic E-state index is 0.308. The standard InChI is InChI=1S/C16H23N5O2/c1-5-12-11(15(23-4)21(2)20-12)10-18-16(17)19-13-8-6-7-9-14(13)22-3/h6-9H,5,10H2,1-4H3,(H3,17,18,19). The number of anilines is 1. The van der Waals surface area contributed by atoms with Gasteiger partial charge in [0.2, 0.25) is 5.88 Å². The summed E-state index contributed by atoms with van der Waals surface area (Å²) < 4.78 is 12.4. The van der Waals surface area contributed by atoms with E-state index in [1.165, 1.54) is 0 Å². The molecule has 0 fully saturated rings. The van der Waals surface area contributed by atoms with Crippen LogP contribution in [0.25, 0.3) is 0 Å². The summed E-state index contributed by atoms with van der Waals surface area (Å²) in [6.07, 6.45) is 0.807. The van der Waals surface area contributed by atoms with Gasteiger partial charge in [0.1, 0.15) is 5.75 Å². The Morgan fingerprint density at radius 1 is 1.30 bits per heavy atom. The number of benzene rings is 1. The molecule has 7 nitrogen and oxygen atoms in total. The number of aromatic nitrogens is 2. The molecule has 0 radical (unpaired) electrons. The number of rotatable bonds is 6. The number of nitrogens with two attached hydrogens (primary N) is 1. The highest BCUT2D eigenvalue weighted by molar-refractivity contribution is 5.93. The number of ether oxygens (including phenoxy) is 2. The largest absolute Gasteiger partial charge is 0.495 e. The first-order valence-electron chi connectivity index (χ1n) is 7.39. The third-order valence-corrected chi connectivity index (χ3v) is 3.48. The number of para-hydroxylation sites is 2. The quantitative estimate of drug-likeness (QED) is 0.628.